The fraction of sp³-hybridized carbons (Fsp3) is 0.286. The van der Waals surface area contributed by atoms with Gasteiger partial charge in [-0.15, -0.1) is 0 Å². The highest BCUT2D eigenvalue weighted by Crippen LogP contribution is 2.31. The second kappa shape index (κ2) is 9.78. The highest BCUT2D eigenvalue weighted by molar-refractivity contribution is 6.21. The van der Waals surface area contributed by atoms with Gasteiger partial charge in [0.25, 0.3) is 11.8 Å². The minimum atomic E-state index is -4.32. The number of hydrogen-bond acceptors (Lipinski definition) is 4. The molecule has 1 fully saturated rings. The standard InChI is InChI=1S/C28H26F3N3O2/c29-28(30,31)22-9-11-23(12-10-22)33-17-15-32(16-18-33)14-13-20-5-7-21(8-6-20)19-34-26(35)24-3-1-2-4-25(24)27(34)36/h1-12H,13-19H2. The average molecular weight is 494 g/mol. The van der Waals surface area contributed by atoms with E-state index in [1.54, 1.807) is 36.4 Å². The summed E-state index contributed by atoms with van der Waals surface area (Å²) in [5.74, 6) is -0.509. The van der Waals surface area contributed by atoms with Gasteiger partial charge in [0.05, 0.1) is 23.2 Å². The third-order valence-corrected chi connectivity index (χ3v) is 6.89. The maximum absolute atomic E-state index is 12.8. The first-order chi connectivity index (χ1) is 17.3. The van der Waals surface area contributed by atoms with Gasteiger partial charge in [-0.05, 0) is 53.9 Å². The van der Waals surface area contributed by atoms with Crippen LogP contribution in [-0.4, -0.2) is 54.3 Å². The zero-order chi connectivity index (χ0) is 25.3. The molecule has 2 amide bonds. The van der Waals surface area contributed by atoms with Crippen molar-refractivity contribution in [1.29, 1.82) is 0 Å². The number of rotatable bonds is 6. The van der Waals surface area contributed by atoms with Gasteiger partial charge in [-0.25, -0.2) is 0 Å². The van der Waals surface area contributed by atoms with Crippen molar-refractivity contribution in [2.24, 2.45) is 0 Å². The van der Waals surface area contributed by atoms with Crippen molar-refractivity contribution in [2.45, 2.75) is 19.1 Å². The highest BCUT2D eigenvalue weighted by Gasteiger charge is 2.35. The molecule has 2 aliphatic heterocycles. The van der Waals surface area contributed by atoms with E-state index in [9.17, 15) is 22.8 Å². The fourth-order valence-corrected chi connectivity index (χ4v) is 4.75. The molecule has 8 heteroatoms. The molecular weight excluding hydrogens is 467 g/mol. The molecule has 3 aromatic carbocycles. The second-order valence-corrected chi connectivity index (χ2v) is 9.18. The Morgan fingerprint density at radius 1 is 0.694 bits per heavy atom. The number of halogens is 3. The van der Waals surface area contributed by atoms with Crippen LogP contribution in [0.15, 0.2) is 72.8 Å². The van der Waals surface area contributed by atoms with Crippen LogP contribution in [0.1, 0.15) is 37.4 Å². The Labute approximate surface area is 207 Å². The molecule has 36 heavy (non-hydrogen) atoms. The van der Waals surface area contributed by atoms with Crippen LogP contribution in [0.2, 0.25) is 0 Å². The molecule has 0 spiro atoms. The van der Waals surface area contributed by atoms with Crippen LogP contribution < -0.4 is 4.90 Å². The number of nitrogens with zero attached hydrogens (tertiary/aromatic N) is 3. The van der Waals surface area contributed by atoms with Crippen LogP contribution in [0.25, 0.3) is 0 Å². The monoisotopic (exact) mass is 493 g/mol. The predicted molar refractivity (Wildman–Crippen MR) is 131 cm³/mol. The average Bonchev–Trinajstić information content (AvgIpc) is 3.13. The molecule has 0 saturated carbocycles. The number of imide groups is 1. The van der Waals surface area contributed by atoms with Crippen molar-refractivity contribution in [3.63, 3.8) is 0 Å². The van der Waals surface area contributed by atoms with Gasteiger partial charge >= 0.3 is 6.18 Å². The van der Waals surface area contributed by atoms with Gasteiger partial charge in [0, 0.05) is 38.4 Å². The minimum Gasteiger partial charge on any atom is -0.369 e. The number of alkyl halides is 3. The number of piperazine rings is 1. The number of anilines is 1. The van der Waals surface area contributed by atoms with E-state index in [1.165, 1.54) is 10.5 Å². The Kier molecular flexibility index (Phi) is 6.53. The fourth-order valence-electron chi connectivity index (χ4n) is 4.75. The zero-order valence-electron chi connectivity index (χ0n) is 19.7. The van der Waals surface area contributed by atoms with Gasteiger partial charge in [-0.3, -0.25) is 19.4 Å². The second-order valence-electron chi connectivity index (χ2n) is 9.18. The van der Waals surface area contributed by atoms with Crippen molar-refractivity contribution < 1.29 is 22.8 Å². The van der Waals surface area contributed by atoms with E-state index in [1.807, 2.05) is 24.3 Å². The number of fused-ring (bicyclic) bond motifs is 1. The normalized spacial score (nSPS) is 16.5. The Balaban J connectivity index is 1.10. The quantitative estimate of drug-likeness (QED) is 0.460. The predicted octanol–water partition coefficient (Wildman–Crippen LogP) is 4.87. The summed E-state index contributed by atoms with van der Waals surface area (Å²) in [7, 11) is 0. The van der Waals surface area contributed by atoms with Crippen LogP contribution in [0, 0.1) is 0 Å². The van der Waals surface area contributed by atoms with Crippen molar-refractivity contribution in [2.75, 3.05) is 37.6 Å². The van der Waals surface area contributed by atoms with Crippen molar-refractivity contribution in [3.8, 4) is 0 Å². The Morgan fingerprint density at radius 2 is 1.25 bits per heavy atom. The molecule has 0 bridgehead atoms. The molecule has 0 N–H and O–H groups in total. The third-order valence-electron chi connectivity index (χ3n) is 6.89. The lowest BCUT2D eigenvalue weighted by atomic mass is 10.1. The van der Waals surface area contributed by atoms with E-state index in [4.69, 9.17) is 0 Å². The summed E-state index contributed by atoms with van der Waals surface area (Å²) in [6.07, 6.45) is -3.45. The van der Waals surface area contributed by atoms with Crippen molar-refractivity contribution in [1.82, 2.24) is 9.80 Å². The maximum atomic E-state index is 12.8. The summed E-state index contributed by atoms with van der Waals surface area (Å²) >= 11 is 0. The molecule has 1 saturated heterocycles. The lowest BCUT2D eigenvalue weighted by molar-refractivity contribution is -0.137. The molecular formula is C28H26F3N3O2. The minimum absolute atomic E-state index is 0.249. The molecule has 2 aliphatic rings. The number of carbonyl (C=O) groups excluding carboxylic acids is 2. The number of benzene rings is 3. The van der Waals surface area contributed by atoms with Crippen molar-refractivity contribution in [3.05, 3.63) is 101 Å². The maximum Gasteiger partial charge on any atom is 0.416 e. The summed E-state index contributed by atoms with van der Waals surface area (Å²) in [6.45, 7) is 4.37. The molecule has 0 radical (unpaired) electrons. The smallest absolute Gasteiger partial charge is 0.369 e. The van der Waals surface area contributed by atoms with E-state index in [0.717, 1.165) is 62.5 Å². The van der Waals surface area contributed by atoms with Crippen LogP contribution >= 0.6 is 0 Å². The Hall–Kier alpha value is -3.65. The molecule has 3 aromatic rings. The number of amides is 2. The van der Waals surface area contributed by atoms with Crippen LogP contribution in [0.4, 0.5) is 18.9 Å². The lowest BCUT2D eigenvalue weighted by Gasteiger charge is -2.36. The summed E-state index contributed by atoms with van der Waals surface area (Å²) in [6, 6.07) is 20.2. The van der Waals surface area contributed by atoms with Gasteiger partial charge in [0.1, 0.15) is 0 Å². The molecule has 2 heterocycles. The van der Waals surface area contributed by atoms with Gasteiger partial charge in [-0.1, -0.05) is 36.4 Å². The summed E-state index contributed by atoms with van der Waals surface area (Å²) in [5.41, 5.74) is 3.18. The SMILES string of the molecule is O=C1c2ccccc2C(=O)N1Cc1ccc(CCN2CCN(c3ccc(C(F)(F)F)cc3)CC2)cc1. The lowest BCUT2D eigenvalue weighted by Crippen LogP contribution is -2.47. The molecule has 0 aromatic heterocycles. The molecule has 186 valence electrons. The Bertz CT molecular complexity index is 1210. The topological polar surface area (TPSA) is 43.9 Å². The van der Waals surface area contributed by atoms with E-state index < -0.39 is 11.7 Å². The number of hydrogen-bond donors (Lipinski definition) is 0. The van der Waals surface area contributed by atoms with E-state index in [2.05, 4.69) is 9.80 Å². The molecule has 0 atom stereocenters. The van der Waals surface area contributed by atoms with Crippen LogP contribution in [-0.2, 0) is 19.1 Å². The third kappa shape index (κ3) is 4.99. The van der Waals surface area contributed by atoms with Crippen molar-refractivity contribution >= 4 is 17.5 Å². The zero-order valence-corrected chi connectivity index (χ0v) is 19.7. The highest BCUT2D eigenvalue weighted by atomic mass is 19.4. The first kappa shape index (κ1) is 24.1. The first-order valence-electron chi connectivity index (χ1n) is 12.0. The number of carbonyl (C=O) groups is 2. The molecule has 0 aliphatic carbocycles. The van der Waals surface area contributed by atoms with Crippen LogP contribution in [0.3, 0.4) is 0 Å². The van der Waals surface area contributed by atoms with E-state index in [0.29, 0.717) is 11.1 Å². The summed E-state index contributed by atoms with van der Waals surface area (Å²) < 4.78 is 38.4. The summed E-state index contributed by atoms with van der Waals surface area (Å²) in [4.78, 5) is 30.9. The first-order valence-corrected chi connectivity index (χ1v) is 12.0. The molecule has 5 nitrogen and oxygen atoms in total. The van der Waals surface area contributed by atoms with Gasteiger partial charge in [0.15, 0.2) is 0 Å². The van der Waals surface area contributed by atoms with Gasteiger partial charge < -0.3 is 4.90 Å². The van der Waals surface area contributed by atoms with Gasteiger partial charge in [0.2, 0.25) is 0 Å². The molecule has 0 unspecified atom stereocenters. The van der Waals surface area contributed by atoms with Gasteiger partial charge in [-0.2, -0.15) is 13.2 Å². The molecule has 5 rings (SSSR count). The summed E-state index contributed by atoms with van der Waals surface area (Å²) in [5, 5.41) is 0. The van der Waals surface area contributed by atoms with Crippen LogP contribution in [0.5, 0.6) is 0 Å². The largest absolute Gasteiger partial charge is 0.416 e. The van der Waals surface area contributed by atoms with E-state index in [-0.39, 0.29) is 18.4 Å². The van der Waals surface area contributed by atoms with E-state index >= 15 is 0 Å². The Morgan fingerprint density at radius 3 is 1.81 bits per heavy atom.